The number of nitrogens with zero attached hydrogens (tertiary/aromatic N) is 3. The number of rotatable bonds is 5. The van der Waals surface area contributed by atoms with Crippen molar-refractivity contribution in [3.05, 3.63) is 5.28 Å². The van der Waals surface area contributed by atoms with Crippen LogP contribution in [0.2, 0.25) is 5.28 Å². The molecule has 1 fully saturated rings. The van der Waals surface area contributed by atoms with Crippen molar-refractivity contribution in [2.45, 2.75) is 31.8 Å². The number of ether oxygens (including phenoxy) is 1. The molecule has 0 aromatic carbocycles. The van der Waals surface area contributed by atoms with E-state index < -0.39 is 5.60 Å². The molecule has 0 radical (unpaired) electrons. The van der Waals surface area contributed by atoms with Gasteiger partial charge in [-0.25, -0.2) is 0 Å². The molecule has 0 amide bonds. The van der Waals surface area contributed by atoms with E-state index in [1.807, 2.05) is 6.92 Å². The van der Waals surface area contributed by atoms with Crippen LogP contribution in [0.25, 0.3) is 0 Å². The average Bonchev–Trinajstić information content (AvgIpc) is 2.23. The number of aromatic nitrogens is 3. The van der Waals surface area contributed by atoms with E-state index in [0.717, 1.165) is 19.3 Å². The van der Waals surface area contributed by atoms with E-state index in [1.54, 1.807) is 0 Å². The van der Waals surface area contributed by atoms with Crippen LogP contribution in [0.4, 0.5) is 5.95 Å². The molecule has 6 nitrogen and oxygen atoms in total. The van der Waals surface area contributed by atoms with E-state index in [-0.39, 0.29) is 11.3 Å². The van der Waals surface area contributed by atoms with Gasteiger partial charge in [0.05, 0.1) is 12.2 Å². The van der Waals surface area contributed by atoms with Crippen LogP contribution in [0.1, 0.15) is 26.2 Å². The van der Waals surface area contributed by atoms with Crippen molar-refractivity contribution >= 4 is 17.5 Å². The van der Waals surface area contributed by atoms with Gasteiger partial charge in [0.25, 0.3) is 0 Å². The highest BCUT2D eigenvalue weighted by Gasteiger charge is 2.34. The molecular weight excluding hydrogens is 244 g/mol. The van der Waals surface area contributed by atoms with Crippen LogP contribution in [0.5, 0.6) is 6.01 Å². The summed E-state index contributed by atoms with van der Waals surface area (Å²) in [5.41, 5.74) is -0.634. The summed E-state index contributed by atoms with van der Waals surface area (Å²) in [5, 5.41) is 12.9. The smallest absolute Gasteiger partial charge is 0.322 e. The van der Waals surface area contributed by atoms with Crippen LogP contribution >= 0.6 is 11.6 Å². The Kier molecular flexibility index (Phi) is 3.63. The molecule has 0 atom stereocenters. The van der Waals surface area contributed by atoms with Crippen molar-refractivity contribution in [1.29, 1.82) is 0 Å². The minimum absolute atomic E-state index is 0.0755. The van der Waals surface area contributed by atoms with Crippen LogP contribution < -0.4 is 10.1 Å². The topological polar surface area (TPSA) is 80.2 Å². The first-order valence-electron chi connectivity index (χ1n) is 5.62. The zero-order chi connectivity index (χ0) is 12.3. The molecular formula is C10H15ClN4O2. The van der Waals surface area contributed by atoms with Gasteiger partial charge in [0.1, 0.15) is 0 Å². The van der Waals surface area contributed by atoms with E-state index in [9.17, 15) is 5.11 Å². The number of anilines is 1. The summed E-state index contributed by atoms with van der Waals surface area (Å²) < 4.78 is 5.15. The van der Waals surface area contributed by atoms with Gasteiger partial charge in [-0.3, -0.25) is 0 Å². The van der Waals surface area contributed by atoms with E-state index in [2.05, 4.69) is 20.3 Å². The molecule has 0 bridgehead atoms. The second-order valence-electron chi connectivity index (χ2n) is 4.08. The van der Waals surface area contributed by atoms with Gasteiger partial charge in [-0.2, -0.15) is 15.0 Å². The van der Waals surface area contributed by atoms with Gasteiger partial charge >= 0.3 is 6.01 Å². The first kappa shape index (κ1) is 12.3. The van der Waals surface area contributed by atoms with Crippen LogP contribution in [-0.4, -0.2) is 38.8 Å². The molecule has 0 spiro atoms. The maximum absolute atomic E-state index is 9.92. The van der Waals surface area contributed by atoms with Crippen LogP contribution in [-0.2, 0) is 0 Å². The molecule has 0 saturated heterocycles. The maximum atomic E-state index is 9.92. The fraction of sp³-hybridized carbons (Fsp3) is 0.700. The molecule has 7 heteroatoms. The minimum Gasteiger partial charge on any atom is -0.464 e. The van der Waals surface area contributed by atoms with Crippen molar-refractivity contribution in [1.82, 2.24) is 15.0 Å². The molecule has 94 valence electrons. The third kappa shape index (κ3) is 3.17. The second kappa shape index (κ2) is 5.01. The Bertz CT molecular complexity index is 398. The summed E-state index contributed by atoms with van der Waals surface area (Å²) >= 11 is 5.74. The molecule has 2 N–H and O–H groups in total. The summed E-state index contributed by atoms with van der Waals surface area (Å²) in [6, 6.07) is 0.190. The normalized spacial score (nSPS) is 17.4. The number of halogens is 1. The average molecular weight is 259 g/mol. The van der Waals surface area contributed by atoms with E-state index in [0.29, 0.717) is 19.1 Å². The lowest BCUT2D eigenvalue weighted by molar-refractivity contribution is -0.0203. The third-order valence-electron chi connectivity index (χ3n) is 2.72. The van der Waals surface area contributed by atoms with Gasteiger partial charge in [0.15, 0.2) is 0 Å². The SMILES string of the molecule is CCOc1nc(Cl)nc(NCC2(O)CCC2)n1. The first-order valence-corrected chi connectivity index (χ1v) is 6.00. The number of hydrogen-bond acceptors (Lipinski definition) is 6. The van der Waals surface area contributed by atoms with Gasteiger partial charge < -0.3 is 15.2 Å². The molecule has 17 heavy (non-hydrogen) atoms. The Labute approximate surface area is 104 Å². The van der Waals surface area contributed by atoms with E-state index >= 15 is 0 Å². The molecule has 1 aromatic heterocycles. The zero-order valence-corrected chi connectivity index (χ0v) is 10.4. The number of aliphatic hydroxyl groups is 1. The quantitative estimate of drug-likeness (QED) is 0.827. The molecule has 0 aliphatic heterocycles. The highest BCUT2D eigenvalue weighted by Crippen LogP contribution is 2.31. The molecule has 1 aliphatic carbocycles. The van der Waals surface area contributed by atoms with Crippen molar-refractivity contribution in [2.75, 3.05) is 18.5 Å². The predicted molar refractivity (Wildman–Crippen MR) is 63.3 cm³/mol. The highest BCUT2D eigenvalue weighted by atomic mass is 35.5. The molecule has 0 unspecified atom stereocenters. The summed E-state index contributed by atoms with van der Waals surface area (Å²) in [4.78, 5) is 11.8. The number of nitrogens with one attached hydrogen (secondary N) is 1. The monoisotopic (exact) mass is 258 g/mol. The Morgan fingerprint density at radius 2 is 2.18 bits per heavy atom. The third-order valence-corrected chi connectivity index (χ3v) is 2.89. The van der Waals surface area contributed by atoms with Crippen molar-refractivity contribution in [2.24, 2.45) is 0 Å². The summed E-state index contributed by atoms with van der Waals surface area (Å²) in [6.07, 6.45) is 2.66. The summed E-state index contributed by atoms with van der Waals surface area (Å²) in [5.74, 6) is 0.328. The zero-order valence-electron chi connectivity index (χ0n) is 9.61. The Hall–Kier alpha value is -1.14. The van der Waals surface area contributed by atoms with Gasteiger partial charge in [0.2, 0.25) is 11.2 Å². The van der Waals surface area contributed by atoms with Gasteiger partial charge in [0, 0.05) is 6.54 Å². The lowest BCUT2D eigenvalue weighted by atomic mass is 9.80. The standard InChI is InChI=1S/C10H15ClN4O2/c1-2-17-9-14-7(11)13-8(15-9)12-6-10(16)4-3-5-10/h16H,2-6H2,1H3,(H,12,13,14,15). The van der Waals surface area contributed by atoms with Gasteiger partial charge in [-0.1, -0.05) is 0 Å². The fourth-order valence-electron chi connectivity index (χ4n) is 1.61. The van der Waals surface area contributed by atoms with Crippen LogP contribution in [0.3, 0.4) is 0 Å². The molecule has 2 rings (SSSR count). The van der Waals surface area contributed by atoms with Crippen molar-refractivity contribution in [3.8, 4) is 6.01 Å². The number of hydrogen-bond donors (Lipinski definition) is 2. The van der Waals surface area contributed by atoms with Crippen LogP contribution in [0.15, 0.2) is 0 Å². The van der Waals surface area contributed by atoms with E-state index in [1.165, 1.54) is 0 Å². The van der Waals surface area contributed by atoms with Crippen molar-refractivity contribution in [3.63, 3.8) is 0 Å². The lowest BCUT2D eigenvalue weighted by Crippen LogP contribution is -2.43. The lowest BCUT2D eigenvalue weighted by Gasteiger charge is -2.36. The Morgan fingerprint density at radius 3 is 2.76 bits per heavy atom. The molecule has 1 aromatic rings. The Morgan fingerprint density at radius 1 is 1.41 bits per heavy atom. The molecule has 1 saturated carbocycles. The Balaban J connectivity index is 1.99. The summed E-state index contributed by atoms with van der Waals surface area (Å²) in [7, 11) is 0. The van der Waals surface area contributed by atoms with Crippen LogP contribution in [0, 0.1) is 0 Å². The largest absolute Gasteiger partial charge is 0.464 e. The van der Waals surface area contributed by atoms with Crippen molar-refractivity contribution < 1.29 is 9.84 Å². The summed E-state index contributed by atoms with van der Waals surface area (Å²) in [6.45, 7) is 2.71. The molecule has 1 aliphatic rings. The van der Waals surface area contributed by atoms with Gasteiger partial charge in [-0.05, 0) is 37.8 Å². The highest BCUT2D eigenvalue weighted by molar-refractivity contribution is 6.28. The second-order valence-corrected chi connectivity index (χ2v) is 4.41. The predicted octanol–water partition coefficient (Wildman–Crippen LogP) is 1.25. The first-order chi connectivity index (χ1) is 8.11. The fourth-order valence-corrected chi connectivity index (χ4v) is 1.76. The molecule has 1 heterocycles. The van der Waals surface area contributed by atoms with Gasteiger partial charge in [-0.15, -0.1) is 0 Å². The minimum atomic E-state index is -0.634. The maximum Gasteiger partial charge on any atom is 0.322 e. The van der Waals surface area contributed by atoms with E-state index in [4.69, 9.17) is 16.3 Å².